The molecule has 0 N–H and O–H groups in total. The molecule has 0 aromatic carbocycles. The molecule has 0 unspecified atom stereocenters. The third-order valence-electron chi connectivity index (χ3n) is 2.51. The van der Waals surface area contributed by atoms with E-state index in [0.717, 1.165) is 26.7 Å². The fourth-order valence-electron chi connectivity index (χ4n) is 1.63. The molecule has 1 aliphatic rings. The molecule has 0 amide bonds. The molecule has 1 aromatic rings. The average molecular weight is 354 g/mol. The van der Waals surface area contributed by atoms with Crippen LogP contribution in [0.2, 0.25) is 0 Å². The van der Waals surface area contributed by atoms with Gasteiger partial charge in [-0.3, -0.25) is 4.79 Å². The Kier molecular flexibility index (Phi) is 3.98. The Bertz CT molecular complexity index is 369. The highest BCUT2D eigenvalue weighted by Crippen LogP contribution is 2.35. The fraction of sp³-hybridized carbons (Fsp3) is 0.500. The van der Waals surface area contributed by atoms with Crippen molar-refractivity contribution < 1.29 is 9.53 Å². The molecule has 0 atom stereocenters. The van der Waals surface area contributed by atoms with Crippen molar-refractivity contribution in [2.75, 3.05) is 13.2 Å². The highest BCUT2D eigenvalue weighted by molar-refractivity contribution is 9.13. The Labute approximate surface area is 109 Å². The quantitative estimate of drug-likeness (QED) is 0.754. The minimum Gasteiger partial charge on any atom is -0.381 e. The molecule has 2 rings (SSSR count). The summed E-state index contributed by atoms with van der Waals surface area (Å²) in [6.45, 7) is 1.42. The second kappa shape index (κ2) is 5.08. The number of ketones is 1. The van der Waals surface area contributed by atoms with Crippen LogP contribution in [0.15, 0.2) is 14.3 Å². The summed E-state index contributed by atoms with van der Waals surface area (Å²) in [6, 6.07) is 0. The van der Waals surface area contributed by atoms with E-state index >= 15 is 0 Å². The number of halogens is 2. The van der Waals surface area contributed by atoms with Crippen LogP contribution in [0.1, 0.15) is 22.5 Å². The van der Waals surface area contributed by atoms with Gasteiger partial charge in [-0.05, 0) is 44.7 Å². The number of thiophene rings is 1. The van der Waals surface area contributed by atoms with Crippen LogP contribution in [0.5, 0.6) is 0 Å². The minimum atomic E-state index is 0.139. The van der Waals surface area contributed by atoms with Gasteiger partial charge in [0.15, 0.2) is 5.78 Å². The average Bonchev–Trinajstić information content (AvgIpc) is 2.60. The van der Waals surface area contributed by atoms with E-state index < -0.39 is 0 Å². The lowest BCUT2D eigenvalue weighted by Crippen LogP contribution is -2.23. The van der Waals surface area contributed by atoms with Crippen LogP contribution in [0.4, 0.5) is 0 Å². The maximum absolute atomic E-state index is 12.1. The molecule has 1 fully saturated rings. The molecule has 0 spiro atoms. The molecular weight excluding hydrogens is 344 g/mol. The second-order valence-electron chi connectivity index (χ2n) is 3.48. The fourth-order valence-corrected chi connectivity index (χ4v) is 3.82. The second-order valence-corrected chi connectivity index (χ2v) is 6.00. The van der Waals surface area contributed by atoms with E-state index in [1.54, 1.807) is 0 Å². The largest absolute Gasteiger partial charge is 0.381 e. The van der Waals surface area contributed by atoms with Crippen LogP contribution in [0.3, 0.4) is 0 Å². The lowest BCUT2D eigenvalue weighted by molar-refractivity contribution is 0.0547. The predicted octanol–water partition coefficient (Wildman–Crippen LogP) is 3.88. The molecule has 0 radical (unpaired) electrons. The first-order chi connectivity index (χ1) is 7.20. The molecule has 0 bridgehead atoms. The van der Waals surface area contributed by atoms with Gasteiger partial charge in [0.25, 0.3) is 0 Å². The zero-order valence-corrected chi connectivity index (χ0v) is 12.0. The van der Waals surface area contributed by atoms with Crippen LogP contribution < -0.4 is 0 Å². The Hall–Kier alpha value is 0.290. The van der Waals surface area contributed by atoms with Crippen LogP contribution >= 0.6 is 43.2 Å². The lowest BCUT2D eigenvalue weighted by atomic mass is 9.94. The van der Waals surface area contributed by atoms with Gasteiger partial charge in [-0.25, -0.2) is 0 Å². The van der Waals surface area contributed by atoms with Crippen molar-refractivity contribution in [2.24, 2.45) is 5.92 Å². The number of rotatable bonds is 2. The Morgan fingerprint density at radius 3 is 2.60 bits per heavy atom. The molecule has 0 aliphatic carbocycles. The van der Waals surface area contributed by atoms with Crippen molar-refractivity contribution in [1.82, 2.24) is 0 Å². The van der Waals surface area contributed by atoms with Crippen molar-refractivity contribution in [2.45, 2.75) is 12.8 Å². The first-order valence-corrected chi connectivity index (χ1v) is 7.21. The number of carbonyl (C=O) groups is 1. The van der Waals surface area contributed by atoms with Gasteiger partial charge < -0.3 is 4.74 Å². The highest BCUT2D eigenvalue weighted by Gasteiger charge is 2.26. The number of ether oxygens (including phenoxy) is 1. The Balaban J connectivity index is 2.16. The van der Waals surface area contributed by atoms with Gasteiger partial charge in [0.1, 0.15) is 0 Å². The standard InChI is InChI=1S/C10H10Br2O2S/c11-7-5-15-10(8(7)12)9(13)6-1-3-14-4-2-6/h5-6H,1-4H2. The predicted molar refractivity (Wildman–Crippen MR) is 67.6 cm³/mol. The van der Waals surface area contributed by atoms with Gasteiger partial charge in [-0.15, -0.1) is 11.3 Å². The smallest absolute Gasteiger partial charge is 0.177 e. The molecular formula is C10H10Br2O2S. The van der Waals surface area contributed by atoms with Gasteiger partial charge in [-0.2, -0.15) is 0 Å². The van der Waals surface area contributed by atoms with E-state index in [1.807, 2.05) is 5.38 Å². The maximum Gasteiger partial charge on any atom is 0.177 e. The van der Waals surface area contributed by atoms with Crippen LogP contribution in [0, 0.1) is 5.92 Å². The number of hydrogen-bond acceptors (Lipinski definition) is 3. The number of hydrogen-bond donors (Lipinski definition) is 0. The summed E-state index contributed by atoms with van der Waals surface area (Å²) in [5, 5.41) is 1.94. The summed E-state index contributed by atoms with van der Waals surface area (Å²) in [5.74, 6) is 0.390. The van der Waals surface area contributed by atoms with Crippen LogP contribution in [-0.4, -0.2) is 19.0 Å². The molecule has 1 aliphatic heterocycles. The van der Waals surface area contributed by atoms with Gasteiger partial charge in [0.05, 0.1) is 9.35 Å². The summed E-state index contributed by atoms with van der Waals surface area (Å²) in [7, 11) is 0. The molecule has 1 saturated heterocycles. The van der Waals surface area contributed by atoms with E-state index in [1.165, 1.54) is 11.3 Å². The van der Waals surface area contributed by atoms with Crippen LogP contribution in [0.25, 0.3) is 0 Å². The summed E-state index contributed by atoms with van der Waals surface area (Å²) in [4.78, 5) is 13.0. The number of carbonyl (C=O) groups excluding carboxylic acids is 1. The summed E-state index contributed by atoms with van der Waals surface area (Å²) < 4.78 is 7.11. The number of Topliss-reactive ketones (excluding diaryl/α,β-unsaturated/α-hetero) is 1. The van der Waals surface area contributed by atoms with Crippen molar-refractivity contribution in [3.05, 3.63) is 19.2 Å². The molecule has 2 heterocycles. The highest BCUT2D eigenvalue weighted by atomic mass is 79.9. The van der Waals surface area contributed by atoms with Gasteiger partial charge in [0.2, 0.25) is 0 Å². The van der Waals surface area contributed by atoms with Gasteiger partial charge >= 0.3 is 0 Å². The zero-order valence-electron chi connectivity index (χ0n) is 7.96. The third kappa shape index (κ3) is 2.52. The minimum absolute atomic E-state index is 0.139. The van der Waals surface area contributed by atoms with Crippen molar-refractivity contribution in [1.29, 1.82) is 0 Å². The van der Waals surface area contributed by atoms with E-state index in [9.17, 15) is 4.79 Å². The molecule has 0 saturated carbocycles. The summed E-state index contributed by atoms with van der Waals surface area (Å²) in [5.41, 5.74) is 0. The first kappa shape index (κ1) is 11.8. The van der Waals surface area contributed by atoms with E-state index in [0.29, 0.717) is 13.2 Å². The van der Waals surface area contributed by atoms with Crippen molar-refractivity contribution in [3.8, 4) is 0 Å². The molecule has 82 valence electrons. The van der Waals surface area contributed by atoms with E-state index in [-0.39, 0.29) is 11.7 Å². The van der Waals surface area contributed by atoms with E-state index in [4.69, 9.17) is 4.74 Å². The molecule has 2 nitrogen and oxygen atoms in total. The zero-order chi connectivity index (χ0) is 10.8. The molecule has 15 heavy (non-hydrogen) atoms. The third-order valence-corrected chi connectivity index (χ3v) is 6.05. The monoisotopic (exact) mass is 352 g/mol. The molecule has 5 heteroatoms. The first-order valence-electron chi connectivity index (χ1n) is 4.74. The Morgan fingerprint density at radius 2 is 2.07 bits per heavy atom. The molecule has 1 aromatic heterocycles. The van der Waals surface area contributed by atoms with Gasteiger partial charge in [-0.1, -0.05) is 0 Å². The summed E-state index contributed by atoms with van der Waals surface area (Å²) >= 11 is 8.32. The van der Waals surface area contributed by atoms with Crippen molar-refractivity contribution in [3.63, 3.8) is 0 Å². The summed E-state index contributed by atoms with van der Waals surface area (Å²) in [6.07, 6.45) is 1.70. The topological polar surface area (TPSA) is 26.3 Å². The Morgan fingerprint density at radius 1 is 1.40 bits per heavy atom. The van der Waals surface area contributed by atoms with Crippen molar-refractivity contribution >= 4 is 49.0 Å². The normalized spacial score (nSPS) is 18.0. The lowest BCUT2D eigenvalue weighted by Gasteiger charge is -2.20. The SMILES string of the molecule is O=C(c1scc(Br)c1Br)C1CCOCC1. The maximum atomic E-state index is 12.1. The van der Waals surface area contributed by atoms with E-state index in [2.05, 4.69) is 31.9 Å². The van der Waals surface area contributed by atoms with Crippen LogP contribution in [-0.2, 0) is 4.74 Å². The van der Waals surface area contributed by atoms with Gasteiger partial charge in [0, 0.05) is 29.0 Å².